The van der Waals surface area contributed by atoms with Crippen molar-refractivity contribution in [3.63, 3.8) is 0 Å². The molecule has 0 radical (unpaired) electrons. The number of aromatic nitrogens is 1. The number of carbonyl (C=O) groups excluding carboxylic acids is 2. The Kier molecular flexibility index (Phi) is 4.29. The number of hydrogen-bond donors (Lipinski definition) is 1. The zero-order valence-electron chi connectivity index (χ0n) is 13.3. The van der Waals surface area contributed by atoms with E-state index in [1.807, 2.05) is 36.4 Å². The number of fused-ring (bicyclic) bond motifs is 1. The molecule has 1 amide bonds. The highest BCUT2D eigenvalue weighted by Gasteiger charge is 2.26. The normalized spacial score (nSPS) is 11.9. The Morgan fingerprint density at radius 3 is 2.58 bits per heavy atom. The van der Waals surface area contributed by atoms with Gasteiger partial charge in [0.15, 0.2) is 18.1 Å². The van der Waals surface area contributed by atoms with Crippen LogP contribution >= 0.6 is 0 Å². The van der Waals surface area contributed by atoms with Crippen LogP contribution in [-0.2, 0) is 9.53 Å². The number of hydrogen-bond acceptors (Lipinski definition) is 5. The van der Waals surface area contributed by atoms with Crippen molar-refractivity contribution < 1.29 is 18.7 Å². The fraction of sp³-hybridized carbons (Fsp3) is 0.167. The van der Waals surface area contributed by atoms with E-state index in [2.05, 4.69) is 10.3 Å². The van der Waals surface area contributed by atoms with Crippen molar-refractivity contribution in [1.82, 2.24) is 10.3 Å². The van der Waals surface area contributed by atoms with E-state index in [0.717, 1.165) is 10.8 Å². The first-order valence-electron chi connectivity index (χ1n) is 7.37. The smallest absolute Gasteiger partial charge is 0.333 e. The summed E-state index contributed by atoms with van der Waals surface area (Å²) >= 11 is 0. The van der Waals surface area contributed by atoms with Gasteiger partial charge in [-0.1, -0.05) is 36.4 Å². The lowest BCUT2D eigenvalue weighted by atomic mass is 10.0. The molecule has 0 aliphatic carbocycles. The lowest BCUT2D eigenvalue weighted by Gasteiger charge is -2.17. The summed E-state index contributed by atoms with van der Waals surface area (Å²) in [6, 6.07) is 12.4. The van der Waals surface area contributed by atoms with Crippen LogP contribution in [0.3, 0.4) is 0 Å². The number of oxazole rings is 1. The Labute approximate surface area is 138 Å². The van der Waals surface area contributed by atoms with E-state index in [1.54, 1.807) is 13.0 Å². The molecule has 2 aromatic carbocycles. The van der Waals surface area contributed by atoms with Crippen LogP contribution in [0.2, 0.25) is 0 Å². The summed E-state index contributed by atoms with van der Waals surface area (Å²) < 4.78 is 9.86. The summed E-state index contributed by atoms with van der Waals surface area (Å²) in [4.78, 5) is 28.4. The van der Waals surface area contributed by atoms with Gasteiger partial charge in [0.05, 0.1) is 7.11 Å². The van der Waals surface area contributed by atoms with Gasteiger partial charge in [-0.25, -0.2) is 9.78 Å². The highest BCUT2D eigenvalue weighted by atomic mass is 16.5. The number of aryl methyl sites for hydroxylation is 1. The van der Waals surface area contributed by atoms with Crippen molar-refractivity contribution in [1.29, 1.82) is 0 Å². The molecule has 0 saturated carbocycles. The van der Waals surface area contributed by atoms with Crippen LogP contribution in [0.25, 0.3) is 10.8 Å². The van der Waals surface area contributed by atoms with Gasteiger partial charge in [-0.05, 0) is 29.3 Å². The predicted octanol–water partition coefficient (Wildman–Crippen LogP) is 2.78. The maximum Gasteiger partial charge on any atom is 0.333 e. The largest absolute Gasteiger partial charge is 0.467 e. The molecule has 1 heterocycles. The van der Waals surface area contributed by atoms with E-state index >= 15 is 0 Å². The maximum atomic E-state index is 12.4. The molecule has 3 rings (SSSR count). The Hall–Kier alpha value is -3.15. The van der Waals surface area contributed by atoms with E-state index in [0.29, 0.717) is 11.3 Å². The van der Waals surface area contributed by atoms with Gasteiger partial charge in [0.1, 0.15) is 5.76 Å². The second-order valence-corrected chi connectivity index (χ2v) is 5.29. The Bertz CT molecular complexity index is 901. The zero-order chi connectivity index (χ0) is 17.1. The number of ether oxygens (including phenoxy) is 1. The molecule has 1 N–H and O–H groups in total. The first kappa shape index (κ1) is 15.7. The molecular weight excluding hydrogens is 308 g/mol. The van der Waals surface area contributed by atoms with Crippen LogP contribution in [-0.4, -0.2) is 24.0 Å². The summed E-state index contributed by atoms with van der Waals surface area (Å²) in [6.45, 7) is 1.63. The topological polar surface area (TPSA) is 81.4 Å². The van der Waals surface area contributed by atoms with Crippen LogP contribution in [0.4, 0.5) is 0 Å². The van der Waals surface area contributed by atoms with Gasteiger partial charge in [0, 0.05) is 0 Å². The number of amides is 1. The van der Waals surface area contributed by atoms with Crippen LogP contribution in [0, 0.1) is 6.92 Å². The van der Waals surface area contributed by atoms with Gasteiger partial charge >= 0.3 is 5.97 Å². The Morgan fingerprint density at radius 1 is 1.17 bits per heavy atom. The van der Waals surface area contributed by atoms with Gasteiger partial charge in [0.2, 0.25) is 0 Å². The number of esters is 1. The molecule has 122 valence electrons. The number of benzene rings is 2. The standard InChI is InChI=1S/C18H16N2O4/c1-11-15(19-10-24-11)17(21)20-16(18(22)23-2)14-8-7-12-5-3-4-6-13(12)9-14/h3-10,16H,1-2H3,(H,20,21). The molecule has 0 spiro atoms. The van der Waals surface area contributed by atoms with E-state index in [1.165, 1.54) is 13.5 Å². The molecular formula is C18H16N2O4. The highest BCUT2D eigenvalue weighted by Crippen LogP contribution is 2.22. The van der Waals surface area contributed by atoms with Crippen LogP contribution in [0.15, 0.2) is 53.3 Å². The summed E-state index contributed by atoms with van der Waals surface area (Å²) in [6.07, 6.45) is 1.19. The van der Waals surface area contributed by atoms with Crippen molar-refractivity contribution >= 4 is 22.6 Å². The number of nitrogens with one attached hydrogen (secondary N) is 1. The van der Waals surface area contributed by atoms with Gasteiger partial charge < -0.3 is 14.5 Å². The summed E-state index contributed by atoms with van der Waals surface area (Å²) in [5.41, 5.74) is 0.778. The molecule has 0 bridgehead atoms. The second kappa shape index (κ2) is 6.54. The van der Waals surface area contributed by atoms with Crippen LogP contribution in [0.5, 0.6) is 0 Å². The van der Waals surface area contributed by atoms with Crippen molar-refractivity contribution in [3.05, 3.63) is 65.9 Å². The lowest BCUT2D eigenvalue weighted by Crippen LogP contribution is -2.35. The number of methoxy groups -OCH3 is 1. The number of carbonyl (C=O) groups is 2. The van der Waals surface area contributed by atoms with Crippen molar-refractivity contribution in [2.45, 2.75) is 13.0 Å². The first-order valence-corrected chi connectivity index (χ1v) is 7.37. The van der Waals surface area contributed by atoms with Gasteiger partial charge in [-0.3, -0.25) is 4.79 Å². The third kappa shape index (κ3) is 2.99. The van der Waals surface area contributed by atoms with E-state index in [-0.39, 0.29) is 5.69 Å². The van der Waals surface area contributed by atoms with E-state index < -0.39 is 17.9 Å². The minimum atomic E-state index is -0.928. The van der Waals surface area contributed by atoms with Crippen molar-refractivity contribution in [2.75, 3.05) is 7.11 Å². The SMILES string of the molecule is COC(=O)C(NC(=O)c1ncoc1C)c1ccc2ccccc2c1. The monoisotopic (exact) mass is 324 g/mol. The molecule has 3 aromatic rings. The summed E-state index contributed by atoms with van der Waals surface area (Å²) in [5, 5.41) is 4.67. The lowest BCUT2D eigenvalue weighted by molar-refractivity contribution is -0.143. The second-order valence-electron chi connectivity index (χ2n) is 5.29. The molecule has 1 aromatic heterocycles. The number of rotatable bonds is 4. The molecule has 24 heavy (non-hydrogen) atoms. The van der Waals surface area contributed by atoms with Crippen molar-refractivity contribution in [3.8, 4) is 0 Å². The zero-order valence-corrected chi connectivity index (χ0v) is 13.3. The molecule has 6 nitrogen and oxygen atoms in total. The molecule has 0 fully saturated rings. The molecule has 0 aliphatic rings. The third-order valence-electron chi connectivity index (χ3n) is 3.78. The molecule has 0 saturated heterocycles. The minimum absolute atomic E-state index is 0.143. The highest BCUT2D eigenvalue weighted by molar-refractivity contribution is 5.96. The molecule has 6 heteroatoms. The summed E-state index contributed by atoms with van der Waals surface area (Å²) in [7, 11) is 1.28. The third-order valence-corrected chi connectivity index (χ3v) is 3.78. The van der Waals surface area contributed by atoms with E-state index in [9.17, 15) is 9.59 Å². The summed E-state index contributed by atoms with van der Waals surface area (Å²) in [5.74, 6) is -0.667. The predicted molar refractivity (Wildman–Crippen MR) is 87.4 cm³/mol. The molecule has 1 unspecified atom stereocenters. The quantitative estimate of drug-likeness (QED) is 0.746. The first-order chi connectivity index (χ1) is 11.6. The Morgan fingerprint density at radius 2 is 1.92 bits per heavy atom. The average molecular weight is 324 g/mol. The van der Waals surface area contributed by atoms with Crippen molar-refractivity contribution in [2.24, 2.45) is 0 Å². The van der Waals surface area contributed by atoms with Gasteiger partial charge in [-0.15, -0.1) is 0 Å². The fourth-order valence-electron chi connectivity index (χ4n) is 2.51. The molecule has 1 atom stereocenters. The van der Waals surface area contributed by atoms with Gasteiger partial charge in [0.25, 0.3) is 5.91 Å². The van der Waals surface area contributed by atoms with Crippen LogP contribution in [0.1, 0.15) is 27.9 Å². The minimum Gasteiger partial charge on any atom is -0.467 e. The fourth-order valence-corrected chi connectivity index (χ4v) is 2.51. The average Bonchev–Trinajstić information content (AvgIpc) is 3.04. The van der Waals surface area contributed by atoms with Crippen LogP contribution < -0.4 is 5.32 Å². The Balaban J connectivity index is 1.95. The maximum absolute atomic E-state index is 12.4. The number of nitrogens with zero attached hydrogens (tertiary/aromatic N) is 1. The van der Waals surface area contributed by atoms with E-state index in [4.69, 9.17) is 9.15 Å². The van der Waals surface area contributed by atoms with Gasteiger partial charge in [-0.2, -0.15) is 0 Å². The molecule has 0 aliphatic heterocycles.